The van der Waals surface area contributed by atoms with Crippen LogP contribution in [0.3, 0.4) is 0 Å². The third-order valence-corrected chi connectivity index (χ3v) is 5.04. The van der Waals surface area contributed by atoms with E-state index in [0.29, 0.717) is 17.9 Å². The highest BCUT2D eigenvalue weighted by molar-refractivity contribution is 6.03. The summed E-state index contributed by atoms with van der Waals surface area (Å²) in [6, 6.07) is 19.2. The van der Waals surface area contributed by atoms with Gasteiger partial charge in [0, 0.05) is 11.1 Å². The minimum absolute atomic E-state index is 0.0129. The second-order valence-electron chi connectivity index (χ2n) is 8.43. The highest BCUT2D eigenvalue weighted by Gasteiger charge is 2.14. The van der Waals surface area contributed by atoms with Crippen molar-refractivity contribution in [3.05, 3.63) is 77.4 Å². The maximum Gasteiger partial charge on any atom is 0.259 e. The average molecular weight is 432 g/mol. The van der Waals surface area contributed by atoms with Crippen LogP contribution in [-0.2, 0) is 10.2 Å². The number of fused-ring (bicyclic) bond motifs is 1. The fourth-order valence-corrected chi connectivity index (χ4v) is 3.28. The third kappa shape index (κ3) is 5.72. The molecule has 0 fully saturated rings. The van der Waals surface area contributed by atoms with E-state index >= 15 is 0 Å². The molecule has 0 aliphatic rings. The van der Waals surface area contributed by atoms with E-state index in [1.54, 1.807) is 18.3 Å². The topological polar surface area (TPSA) is 79.8 Å². The summed E-state index contributed by atoms with van der Waals surface area (Å²) in [6.45, 7) is 8.60. The van der Waals surface area contributed by atoms with Gasteiger partial charge in [-0.05, 0) is 46.9 Å². The molecular formula is C26H29N3O3. The molecule has 0 radical (unpaired) electrons. The van der Waals surface area contributed by atoms with Crippen LogP contribution in [-0.4, -0.2) is 31.2 Å². The van der Waals surface area contributed by atoms with Crippen LogP contribution in [0.4, 0.5) is 0 Å². The predicted octanol–water partition coefficient (Wildman–Crippen LogP) is 4.42. The average Bonchev–Trinajstić information content (AvgIpc) is 2.78. The molecule has 0 bridgehead atoms. The molecule has 6 heteroatoms. The van der Waals surface area contributed by atoms with Crippen LogP contribution >= 0.6 is 0 Å². The summed E-state index contributed by atoms with van der Waals surface area (Å²) in [6.07, 6.45) is 1.57. The summed E-state index contributed by atoms with van der Waals surface area (Å²) in [5.41, 5.74) is 4.91. The molecule has 0 saturated carbocycles. The maximum absolute atomic E-state index is 12.3. The Kier molecular flexibility index (Phi) is 7.25. The Bertz CT molecular complexity index is 1130. The van der Waals surface area contributed by atoms with Gasteiger partial charge in [0.05, 0.1) is 19.4 Å². The number of rotatable bonds is 7. The Morgan fingerprint density at radius 2 is 1.72 bits per heavy atom. The fourth-order valence-electron chi connectivity index (χ4n) is 3.28. The lowest BCUT2D eigenvalue weighted by Gasteiger charge is -2.19. The highest BCUT2D eigenvalue weighted by Crippen LogP contribution is 2.26. The van der Waals surface area contributed by atoms with E-state index in [0.717, 1.165) is 21.9 Å². The molecule has 32 heavy (non-hydrogen) atoms. The molecule has 0 spiro atoms. The minimum atomic E-state index is -0.417. The van der Waals surface area contributed by atoms with E-state index in [1.807, 2.05) is 55.5 Å². The van der Waals surface area contributed by atoms with E-state index in [2.05, 4.69) is 36.6 Å². The summed E-state index contributed by atoms with van der Waals surface area (Å²) in [5, 5.41) is 8.71. The Morgan fingerprint density at radius 1 is 1.00 bits per heavy atom. The van der Waals surface area contributed by atoms with Crippen molar-refractivity contribution < 1.29 is 14.3 Å². The number of nitrogens with one attached hydrogen (secondary N) is 2. The second-order valence-corrected chi connectivity index (χ2v) is 8.43. The van der Waals surface area contributed by atoms with Crippen LogP contribution in [0.1, 0.15) is 49.2 Å². The molecule has 0 saturated heterocycles. The quantitative estimate of drug-likeness (QED) is 0.429. The molecule has 0 aliphatic heterocycles. The lowest BCUT2D eigenvalue weighted by Crippen LogP contribution is -2.35. The number of carbonyl (C=O) groups is 2. The van der Waals surface area contributed by atoms with E-state index in [1.165, 1.54) is 0 Å². The second kappa shape index (κ2) is 10.1. The van der Waals surface area contributed by atoms with Crippen LogP contribution in [0, 0.1) is 0 Å². The van der Waals surface area contributed by atoms with Crippen molar-refractivity contribution >= 4 is 28.8 Å². The van der Waals surface area contributed by atoms with Gasteiger partial charge in [0.25, 0.3) is 11.8 Å². The van der Waals surface area contributed by atoms with Gasteiger partial charge < -0.3 is 10.1 Å². The summed E-state index contributed by atoms with van der Waals surface area (Å²) >= 11 is 0. The SMILES string of the molecule is CCOc1ccc2ccccc2c1C=NNC(=O)CNC(=O)c1ccc(C(C)(C)C)cc1. The zero-order valence-corrected chi connectivity index (χ0v) is 18.9. The van der Waals surface area contributed by atoms with Gasteiger partial charge in [0.15, 0.2) is 0 Å². The molecule has 0 aliphatic carbocycles. The number of benzene rings is 3. The van der Waals surface area contributed by atoms with Gasteiger partial charge in [0.2, 0.25) is 0 Å². The number of amides is 2. The molecule has 6 nitrogen and oxygen atoms in total. The first-order chi connectivity index (χ1) is 15.3. The molecule has 0 atom stereocenters. The molecule has 166 valence electrons. The van der Waals surface area contributed by atoms with Crippen molar-refractivity contribution in [2.75, 3.05) is 13.2 Å². The number of carbonyl (C=O) groups excluding carboxylic acids is 2. The van der Waals surface area contributed by atoms with Crippen LogP contribution < -0.4 is 15.5 Å². The highest BCUT2D eigenvalue weighted by atomic mass is 16.5. The summed E-state index contributed by atoms with van der Waals surface area (Å²) in [4.78, 5) is 24.5. The molecule has 3 aromatic carbocycles. The molecule has 3 aromatic rings. The van der Waals surface area contributed by atoms with Crippen molar-refractivity contribution in [1.29, 1.82) is 0 Å². The van der Waals surface area contributed by atoms with Crippen molar-refractivity contribution in [2.45, 2.75) is 33.1 Å². The van der Waals surface area contributed by atoms with Crippen LogP contribution in [0.15, 0.2) is 65.8 Å². The number of ether oxygens (including phenoxy) is 1. The monoisotopic (exact) mass is 431 g/mol. The summed E-state index contributed by atoms with van der Waals surface area (Å²) in [5.74, 6) is -0.0346. The van der Waals surface area contributed by atoms with Gasteiger partial charge in [-0.15, -0.1) is 0 Å². The van der Waals surface area contributed by atoms with E-state index in [9.17, 15) is 9.59 Å². The van der Waals surface area contributed by atoms with Gasteiger partial charge in [0.1, 0.15) is 5.75 Å². The van der Waals surface area contributed by atoms with Gasteiger partial charge >= 0.3 is 0 Å². The van der Waals surface area contributed by atoms with E-state index in [-0.39, 0.29) is 17.9 Å². The smallest absolute Gasteiger partial charge is 0.259 e. The van der Waals surface area contributed by atoms with Crippen LogP contribution in [0.2, 0.25) is 0 Å². The summed E-state index contributed by atoms with van der Waals surface area (Å²) < 4.78 is 5.70. The van der Waals surface area contributed by atoms with Crippen molar-refractivity contribution in [3.8, 4) is 5.75 Å². The molecule has 2 N–H and O–H groups in total. The first-order valence-electron chi connectivity index (χ1n) is 10.6. The maximum atomic E-state index is 12.3. The number of nitrogens with zero attached hydrogens (tertiary/aromatic N) is 1. The van der Waals surface area contributed by atoms with Gasteiger partial charge in [-0.1, -0.05) is 63.2 Å². The fraction of sp³-hybridized carbons (Fsp3) is 0.269. The van der Waals surface area contributed by atoms with Gasteiger partial charge in [-0.25, -0.2) is 5.43 Å². The standard InChI is InChI=1S/C26H29N3O3/c1-5-32-23-15-12-18-8-6-7-9-21(18)22(23)16-28-29-24(30)17-27-25(31)19-10-13-20(14-11-19)26(2,3)4/h6-16H,5,17H2,1-4H3,(H,27,31)(H,29,30). The normalized spacial score (nSPS) is 11.5. The molecule has 2 amide bonds. The lowest BCUT2D eigenvalue weighted by molar-refractivity contribution is -0.120. The molecule has 0 unspecified atom stereocenters. The Morgan fingerprint density at radius 3 is 2.41 bits per heavy atom. The minimum Gasteiger partial charge on any atom is -0.493 e. The largest absolute Gasteiger partial charge is 0.493 e. The lowest BCUT2D eigenvalue weighted by atomic mass is 9.87. The zero-order chi connectivity index (χ0) is 23.1. The van der Waals surface area contributed by atoms with Crippen LogP contribution in [0.5, 0.6) is 5.75 Å². The predicted molar refractivity (Wildman–Crippen MR) is 128 cm³/mol. The Labute approximate surface area is 188 Å². The first kappa shape index (κ1) is 23.0. The van der Waals surface area contributed by atoms with E-state index in [4.69, 9.17) is 4.74 Å². The van der Waals surface area contributed by atoms with E-state index < -0.39 is 5.91 Å². The van der Waals surface area contributed by atoms with Gasteiger partial charge in [-0.3, -0.25) is 9.59 Å². The zero-order valence-electron chi connectivity index (χ0n) is 18.9. The van der Waals surface area contributed by atoms with Gasteiger partial charge in [-0.2, -0.15) is 5.10 Å². The number of hydrogen-bond donors (Lipinski definition) is 2. The van der Waals surface area contributed by atoms with Crippen LogP contribution in [0.25, 0.3) is 10.8 Å². The molecule has 0 aromatic heterocycles. The first-order valence-corrected chi connectivity index (χ1v) is 10.6. The third-order valence-electron chi connectivity index (χ3n) is 5.04. The number of hydrogen-bond acceptors (Lipinski definition) is 4. The summed E-state index contributed by atoms with van der Waals surface area (Å²) in [7, 11) is 0. The Balaban J connectivity index is 1.60. The van der Waals surface area contributed by atoms with Crippen molar-refractivity contribution in [3.63, 3.8) is 0 Å². The number of hydrazone groups is 1. The molecule has 3 rings (SSSR count). The van der Waals surface area contributed by atoms with Crippen molar-refractivity contribution in [1.82, 2.24) is 10.7 Å². The molecular weight excluding hydrogens is 402 g/mol. The van der Waals surface area contributed by atoms with Crippen molar-refractivity contribution in [2.24, 2.45) is 5.10 Å². The molecule has 0 heterocycles. The Hall–Kier alpha value is -3.67.